The van der Waals surface area contributed by atoms with Gasteiger partial charge in [-0.15, -0.1) is 0 Å². The van der Waals surface area contributed by atoms with Crippen molar-refractivity contribution in [1.29, 1.82) is 0 Å². The van der Waals surface area contributed by atoms with E-state index in [2.05, 4.69) is 19.6 Å². The summed E-state index contributed by atoms with van der Waals surface area (Å²) in [6.07, 6.45) is 1.04. The second-order valence-electron chi connectivity index (χ2n) is 4.55. The van der Waals surface area contributed by atoms with Crippen molar-refractivity contribution in [3.63, 3.8) is 0 Å². The molecule has 0 fully saturated rings. The van der Waals surface area contributed by atoms with Gasteiger partial charge in [0, 0.05) is 6.54 Å². The molecule has 98 valence electrons. The summed E-state index contributed by atoms with van der Waals surface area (Å²) in [4.78, 5) is 14.3. The summed E-state index contributed by atoms with van der Waals surface area (Å²) in [7, 11) is 0. The minimum atomic E-state index is 0.0725. The van der Waals surface area contributed by atoms with Gasteiger partial charge in [0.15, 0.2) is 0 Å². The van der Waals surface area contributed by atoms with Crippen LogP contribution in [0.3, 0.4) is 0 Å². The van der Waals surface area contributed by atoms with Crippen molar-refractivity contribution < 1.29 is 9.53 Å². The molecule has 0 N–H and O–H groups in total. The van der Waals surface area contributed by atoms with Crippen LogP contribution in [0.2, 0.25) is 0 Å². The molecule has 1 amide bonds. The average Bonchev–Trinajstić information content (AvgIpc) is 2.56. The van der Waals surface area contributed by atoms with E-state index in [1.807, 2.05) is 29.2 Å². The van der Waals surface area contributed by atoms with E-state index in [1.165, 1.54) is 0 Å². The maximum Gasteiger partial charge on any atom is 0.257 e. The van der Waals surface area contributed by atoms with E-state index in [-0.39, 0.29) is 5.91 Å². The van der Waals surface area contributed by atoms with Gasteiger partial charge in [-0.2, -0.15) is 12.6 Å². The molecule has 1 aromatic rings. The summed E-state index contributed by atoms with van der Waals surface area (Å²) in [6, 6.07) is 7.45. The van der Waals surface area contributed by atoms with Crippen molar-refractivity contribution in [1.82, 2.24) is 4.90 Å². The molecule has 4 heteroatoms. The van der Waals surface area contributed by atoms with Crippen LogP contribution in [-0.2, 0) is 0 Å². The van der Waals surface area contributed by atoms with E-state index >= 15 is 0 Å². The van der Waals surface area contributed by atoms with Crippen LogP contribution in [0.5, 0.6) is 5.75 Å². The van der Waals surface area contributed by atoms with Crippen LogP contribution in [0.15, 0.2) is 24.3 Å². The van der Waals surface area contributed by atoms with Gasteiger partial charge in [-0.3, -0.25) is 4.79 Å². The topological polar surface area (TPSA) is 29.5 Å². The van der Waals surface area contributed by atoms with Crippen molar-refractivity contribution in [2.75, 3.05) is 25.4 Å². The summed E-state index contributed by atoms with van der Waals surface area (Å²) >= 11 is 4.34. The Bertz CT molecular complexity index is 418. The highest BCUT2D eigenvalue weighted by Gasteiger charge is 2.24. The Kier molecular flexibility index (Phi) is 4.53. The van der Waals surface area contributed by atoms with Gasteiger partial charge >= 0.3 is 0 Å². The molecule has 1 aliphatic heterocycles. The third-order valence-electron chi connectivity index (χ3n) is 3.34. The van der Waals surface area contributed by atoms with E-state index in [0.29, 0.717) is 30.4 Å². The van der Waals surface area contributed by atoms with Gasteiger partial charge in [0.2, 0.25) is 0 Å². The van der Waals surface area contributed by atoms with Crippen LogP contribution in [0.1, 0.15) is 23.7 Å². The van der Waals surface area contributed by atoms with Crippen LogP contribution in [0.4, 0.5) is 0 Å². The van der Waals surface area contributed by atoms with Crippen LogP contribution in [0, 0.1) is 5.92 Å². The Morgan fingerprint density at radius 3 is 2.94 bits per heavy atom. The van der Waals surface area contributed by atoms with Crippen molar-refractivity contribution >= 4 is 18.5 Å². The lowest BCUT2D eigenvalue weighted by atomic mass is 10.1. The summed E-state index contributed by atoms with van der Waals surface area (Å²) in [6.45, 7) is 4.10. The van der Waals surface area contributed by atoms with Crippen LogP contribution < -0.4 is 4.74 Å². The SMILES string of the molecule is CCC(CS)CN1CCOc2ccccc2C1=O. The molecule has 0 saturated carbocycles. The number of para-hydroxylation sites is 1. The maximum absolute atomic E-state index is 12.4. The molecule has 18 heavy (non-hydrogen) atoms. The molecule has 2 rings (SSSR count). The summed E-state index contributed by atoms with van der Waals surface area (Å²) in [5, 5.41) is 0. The number of nitrogens with zero attached hydrogens (tertiary/aromatic N) is 1. The normalized spacial score (nSPS) is 16.8. The lowest BCUT2D eigenvalue weighted by Gasteiger charge is -2.24. The highest BCUT2D eigenvalue weighted by Crippen LogP contribution is 2.23. The summed E-state index contributed by atoms with van der Waals surface area (Å²) in [5.74, 6) is 2.03. The van der Waals surface area contributed by atoms with E-state index < -0.39 is 0 Å². The third kappa shape index (κ3) is 2.80. The molecular formula is C14H19NO2S. The summed E-state index contributed by atoms with van der Waals surface area (Å²) < 4.78 is 5.62. The highest BCUT2D eigenvalue weighted by molar-refractivity contribution is 7.80. The quantitative estimate of drug-likeness (QED) is 0.848. The number of benzene rings is 1. The van der Waals surface area contributed by atoms with E-state index in [1.54, 1.807) is 0 Å². The van der Waals surface area contributed by atoms with Crippen molar-refractivity contribution in [2.24, 2.45) is 5.92 Å². The number of hydrogen-bond donors (Lipinski definition) is 1. The third-order valence-corrected chi connectivity index (χ3v) is 3.85. The van der Waals surface area contributed by atoms with E-state index in [9.17, 15) is 4.79 Å². The fraction of sp³-hybridized carbons (Fsp3) is 0.500. The van der Waals surface area contributed by atoms with Crippen LogP contribution >= 0.6 is 12.6 Å². The molecule has 1 heterocycles. The molecule has 1 atom stereocenters. The maximum atomic E-state index is 12.4. The van der Waals surface area contributed by atoms with E-state index in [0.717, 1.165) is 18.7 Å². The molecule has 1 unspecified atom stereocenters. The Balaban J connectivity index is 2.17. The molecule has 0 bridgehead atoms. The monoisotopic (exact) mass is 265 g/mol. The molecule has 0 saturated heterocycles. The first-order valence-electron chi connectivity index (χ1n) is 6.38. The number of amides is 1. The van der Waals surface area contributed by atoms with Crippen molar-refractivity contribution in [2.45, 2.75) is 13.3 Å². The number of carbonyl (C=O) groups is 1. The fourth-order valence-corrected chi connectivity index (χ4v) is 2.48. The molecule has 3 nitrogen and oxygen atoms in total. The molecule has 1 aliphatic rings. The predicted octanol–water partition coefficient (Wildman–Crippen LogP) is 2.48. The zero-order valence-electron chi connectivity index (χ0n) is 10.6. The fourth-order valence-electron chi connectivity index (χ4n) is 2.11. The Morgan fingerprint density at radius 2 is 2.22 bits per heavy atom. The number of hydrogen-bond acceptors (Lipinski definition) is 3. The highest BCUT2D eigenvalue weighted by atomic mass is 32.1. The smallest absolute Gasteiger partial charge is 0.257 e. The zero-order valence-corrected chi connectivity index (χ0v) is 11.5. The lowest BCUT2D eigenvalue weighted by molar-refractivity contribution is 0.0732. The summed E-state index contributed by atoms with van der Waals surface area (Å²) in [5.41, 5.74) is 0.670. The molecule has 0 aromatic heterocycles. The molecule has 0 radical (unpaired) electrons. The van der Waals surface area contributed by atoms with Gasteiger partial charge < -0.3 is 9.64 Å². The van der Waals surface area contributed by atoms with Gasteiger partial charge in [-0.05, 0) is 23.8 Å². The lowest BCUT2D eigenvalue weighted by Crippen LogP contribution is -2.37. The van der Waals surface area contributed by atoms with Gasteiger partial charge in [0.1, 0.15) is 12.4 Å². The van der Waals surface area contributed by atoms with Gasteiger partial charge in [0.05, 0.1) is 12.1 Å². The number of fused-ring (bicyclic) bond motifs is 1. The van der Waals surface area contributed by atoms with Gasteiger partial charge in [0.25, 0.3) is 5.91 Å². The number of thiol groups is 1. The Labute approximate surface area is 114 Å². The Hall–Kier alpha value is -1.16. The first-order chi connectivity index (χ1) is 8.76. The second-order valence-corrected chi connectivity index (χ2v) is 4.92. The minimum absolute atomic E-state index is 0.0725. The molecule has 0 spiro atoms. The number of carbonyl (C=O) groups excluding carboxylic acids is 1. The predicted molar refractivity (Wildman–Crippen MR) is 75.5 cm³/mol. The standard InChI is InChI=1S/C14H19NO2S/c1-2-11(10-18)9-15-7-8-17-13-6-4-3-5-12(13)14(15)16/h3-6,11,18H,2,7-10H2,1H3. The molecular weight excluding hydrogens is 246 g/mol. The van der Waals surface area contributed by atoms with Crippen molar-refractivity contribution in [3.8, 4) is 5.75 Å². The van der Waals surface area contributed by atoms with Gasteiger partial charge in [-0.25, -0.2) is 0 Å². The first-order valence-corrected chi connectivity index (χ1v) is 7.01. The number of rotatable bonds is 4. The Morgan fingerprint density at radius 1 is 1.44 bits per heavy atom. The zero-order chi connectivity index (χ0) is 13.0. The van der Waals surface area contributed by atoms with Gasteiger partial charge in [-0.1, -0.05) is 25.5 Å². The minimum Gasteiger partial charge on any atom is -0.491 e. The molecule has 1 aromatic carbocycles. The largest absolute Gasteiger partial charge is 0.491 e. The van der Waals surface area contributed by atoms with E-state index in [4.69, 9.17) is 4.74 Å². The van der Waals surface area contributed by atoms with Crippen molar-refractivity contribution in [3.05, 3.63) is 29.8 Å². The average molecular weight is 265 g/mol. The first kappa shape index (κ1) is 13.3. The number of ether oxygens (including phenoxy) is 1. The van der Waals surface area contributed by atoms with Crippen LogP contribution in [-0.4, -0.2) is 36.3 Å². The molecule has 0 aliphatic carbocycles. The van der Waals surface area contributed by atoms with Crippen LogP contribution in [0.25, 0.3) is 0 Å². The second kappa shape index (κ2) is 6.14.